The van der Waals surface area contributed by atoms with E-state index >= 15 is 0 Å². The molecule has 1 aromatic rings. The molecule has 7 heteroatoms. The minimum atomic E-state index is -3.64. The summed E-state index contributed by atoms with van der Waals surface area (Å²) in [5, 5.41) is 3.04. The highest BCUT2D eigenvalue weighted by atomic mass is 32.2. The summed E-state index contributed by atoms with van der Waals surface area (Å²) in [6.07, 6.45) is 7.56. The highest BCUT2D eigenvalue weighted by Gasteiger charge is 2.22. The van der Waals surface area contributed by atoms with Gasteiger partial charge in [0.25, 0.3) is 0 Å². The Labute approximate surface area is 149 Å². The second-order valence-electron chi connectivity index (χ2n) is 6.33. The summed E-state index contributed by atoms with van der Waals surface area (Å²) in [7, 11) is -0.883. The summed E-state index contributed by atoms with van der Waals surface area (Å²) < 4.78 is 31.5. The van der Waals surface area contributed by atoms with Gasteiger partial charge in [0.2, 0.25) is 15.9 Å². The van der Waals surface area contributed by atoms with E-state index in [0.29, 0.717) is 11.5 Å². The highest BCUT2D eigenvalue weighted by Crippen LogP contribution is 2.25. The third kappa shape index (κ3) is 5.06. The van der Waals surface area contributed by atoms with Crippen LogP contribution >= 0.6 is 0 Å². The van der Waals surface area contributed by atoms with E-state index < -0.39 is 10.0 Å². The van der Waals surface area contributed by atoms with E-state index in [1.807, 2.05) is 0 Å². The maximum Gasteiger partial charge on any atom is 0.244 e. The van der Waals surface area contributed by atoms with Crippen LogP contribution in [0.3, 0.4) is 0 Å². The Hall–Kier alpha value is -1.86. The number of benzene rings is 1. The summed E-state index contributed by atoms with van der Waals surface area (Å²) >= 11 is 0. The lowest BCUT2D eigenvalue weighted by Crippen LogP contribution is -2.40. The molecule has 1 amide bonds. The molecule has 0 aromatic heterocycles. The molecule has 0 radical (unpaired) electrons. The monoisotopic (exact) mass is 366 g/mol. The number of ether oxygens (including phenoxy) is 1. The van der Waals surface area contributed by atoms with E-state index in [4.69, 9.17) is 4.74 Å². The molecule has 1 fully saturated rings. The quantitative estimate of drug-likeness (QED) is 0.757. The van der Waals surface area contributed by atoms with Crippen LogP contribution in [0.2, 0.25) is 0 Å². The SMILES string of the molecule is CNS(=O)(=O)c1cc(/C=C/C(=O)NC2CCCCC2C)ccc1OC. The Balaban J connectivity index is 2.12. The third-order valence-electron chi connectivity index (χ3n) is 4.61. The third-order valence-corrected chi connectivity index (χ3v) is 6.05. The minimum absolute atomic E-state index is 0.0426. The van der Waals surface area contributed by atoms with Crippen LogP contribution in [-0.2, 0) is 14.8 Å². The van der Waals surface area contributed by atoms with Crippen LogP contribution in [0.1, 0.15) is 38.2 Å². The van der Waals surface area contributed by atoms with E-state index in [0.717, 1.165) is 19.3 Å². The van der Waals surface area contributed by atoms with Crippen molar-refractivity contribution in [3.8, 4) is 5.75 Å². The number of rotatable bonds is 6. The second-order valence-corrected chi connectivity index (χ2v) is 8.18. The molecule has 2 N–H and O–H groups in total. The smallest absolute Gasteiger partial charge is 0.244 e. The van der Waals surface area contributed by atoms with Crippen molar-refractivity contribution in [2.45, 2.75) is 43.5 Å². The minimum Gasteiger partial charge on any atom is -0.495 e. The highest BCUT2D eigenvalue weighted by molar-refractivity contribution is 7.89. The lowest BCUT2D eigenvalue weighted by atomic mass is 9.86. The molecule has 0 spiro atoms. The van der Waals surface area contributed by atoms with Gasteiger partial charge in [0.15, 0.2) is 0 Å². The van der Waals surface area contributed by atoms with Crippen molar-refractivity contribution < 1.29 is 17.9 Å². The molecule has 0 heterocycles. The fourth-order valence-electron chi connectivity index (χ4n) is 3.05. The van der Waals surface area contributed by atoms with Gasteiger partial charge in [-0.25, -0.2) is 13.1 Å². The van der Waals surface area contributed by atoms with Gasteiger partial charge in [-0.1, -0.05) is 25.8 Å². The van der Waals surface area contributed by atoms with Gasteiger partial charge in [0.1, 0.15) is 10.6 Å². The molecule has 1 aliphatic carbocycles. The summed E-state index contributed by atoms with van der Waals surface area (Å²) in [6, 6.07) is 4.98. The lowest BCUT2D eigenvalue weighted by Gasteiger charge is -2.29. The number of hydrogen-bond acceptors (Lipinski definition) is 4. The number of amides is 1. The summed E-state index contributed by atoms with van der Waals surface area (Å²) in [4.78, 5) is 12.2. The zero-order chi connectivity index (χ0) is 18.4. The average molecular weight is 366 g/mol. The Kier molecular flexibility index (Phi) is 6.61. The first-order valence-electron chi connectivity index (χ1n) is 8.47. The largest absolute Gasteiger partial charge is 0.495 e. The molecule has 1 aromatic carbocycles. The van der Waals surface area contributed by atoms with Crippen molar-refractivity contribution >= 4 is 22.0 Å². The molecular weight excluding hydrogens is 340 g/mol. The molecule has 0 saturated heterocycles. The number of nitrogens with one attached hydrogen (secondary N) is 2. The average Bonchev–Trinajstić information content (AvgIpc) is 2.61. The molecule has 0 bridgehead atoms. The Morgan fingerprint density at radius 3 is 2.64 bits per heavy atom. The van der Waals surface area contributed by atoms with Gasteiger partial charge < -0.3 is 10.1 Å². The number of sulfonamides is 1. The molecule has 25 heavy (non-hydrogen) atoms. The van der Waals surface area contributed by atoms with E-state index in [1.165, 1.54) is 32.7 Å². The zero-order valence-corrected chi connectivity index (χ0v) is 15.7. The number of methoxy groups -OCH3 is 1. The van der Waals surface area contributed by atoms with Gasteiger partial charge in [-0.05, 0) is 49.6 Å². The van der Waals surface area contributed by atoms with Gasteiger partial charge in [0.05, 0.1) is 7.11 Å². The van der Waals surface area contributed by atoms with Crippen molar-refractivity contribution in [1.29, 1.82) is 0 Å². The predicted molar refractivity (Wildman–Crippen MR) is 97.8 cm³/mol. The fourth-order valence-corrected chi connectivity index (χ4v) is 3.98. The van der Waals surface area contributed by atoms with Crippen molar-refractivity contribution in [2.75, 3.05) is 14.2 Å². The molecular formula is C18H26N2O4S. The number of carbonyl (C=O) groups is 1. The van der Waals surface area contributed by atoms with Crippen molar-refractivity contribution in [3.63, 3.8) is 0 Å². The van der Waals surface area contributed by atoms with Crippen LogP contribution in [0.5, 0.6) is 5.75 Å². The first-order valence-corrected chi connectivity index (χ1v) is 9.96. The van der Waals surface area contributed by atoms with Crippen LogP contribution in [0.25, 0.3) is 6.08 Å². The van der Waals surface area contributed by atoms with Gasteiger partial charge in [-0.15, -0.1) is 0 Å². The van der Waals surface area contributed by atoms with Crippen molar-refractivity contribution in [1.82, 2.24) is 10.0 Å². The normalized spacial score (nSPS) is 21.2. The van der Waals surface area contributed by atoms with Crippen LogP contribution in [0, 0.1) is 5.92 Å². The van der Waals surface area contributed by atoms with Crippen molar-refractivity contribution in [2.24, 2.45) is 5.92 Å². The van der Waals surface area contributed by atoms with Crippen molar-refractivity contribution in [3.05, 3.63) is 29.8 Å². The molecule has 0 aliphatic heterocycles. The van der Waals surface area contributed by atoms with Crippen LogP contribution < -0.4 is 14.8 Å². The van der Waals surface area contributed by atoms with Crippen LogP contribution in [0.4, 0.5) is 0 Å². The first-order chi connectivity index (χ1) is 11.9. The summed E-state index contributed by atoms with van der Waals surface area (Å²) in [6.45, 7) is 2.16. The van der Waals surface area contributed by atoms with E-state index in [2.05, 4.69) is 17.0 Å². The second kappa shape index (κ2) is 8.49. The van der Waals surface area contributed by atoms with E-state index in [-0.39, 0.29) is 22.6 Å². The first kappa shape index (κ1) is 19.5. The molecule has 138 valence electrons. The van der Waals surface area contributed by atoms with Crippen LogP contribution in [-0.4, -0.2) is 34.5 Å². The molecule has 1 aliphatic rings. The molecule has 2 atom stereocenters. The molecule has 1 saturated carbocycles. The Morgan fingerprint density at radius 1 is 1.28 bits per heavy atom. The molecule has 2 rings (SSSR count). The van der Waals surface area contributed by atoms with Gasteiger partial charge in [0, 0.05) is 12.1 Å². The lowest BCUT2D eigenvalue weighted by molar-refractivity contribution is -0.117. The van der Waals surface area contributed by atoms with Gasteiger partial charge in [-0.2, -0.15) is 0 Å². The van der Waals surface area contributed by atoms with Gasteiger partial charge in [-0.3, -0.25) is 4.79 Å². The zero-order valence-electron chi connectivity index (χ0n) is 14.9. The number of hydrogen-bond donors (Lipinski definition) is 2. The maximum absolute atomic E-state index is 12.1. The summed E-state index contributed by atoms with van der Waals surface area (Å²) in [5.41, 5.74) is 0.612. The fraction of sp³-hybridized carbons (Fsp3) is 0.500. The molecule has 6 nitrogen and oxygen atoms in total. The van der Waals surface area contributed by atoms with E-state index in [9.17, 15) is 13.2 Å². The topological polar surface area (TPSA) is 84.5 Å². The molecule has 2 unspecified atom stereocenters. The van der Waals surface area contributed by atoms with Crippen LogP contribution in [0.15, 0.2) is 29.2 Å². The Bertz CT molecular complexity index is 743. The number of carbonyl (C=O) groups excluding carboxylic acids is 1. The Morgan fingerprint density at radius 2 is 2.00 bits per heavy atom. The maximum atomic E-state index is 12.1. The van der Waals surface area contributed by atoms with E-state index in [1.54, 1.807) is 18.2 Å². The summed E-state index contributed by atoms with van der Waals surface area (Å²) in [5.74, 6) is 0.582. The standard InChI is InChI=1S/C18H26N2O4S/c1-13-6-4-5-7-15(13)20-18(21)11-9-14-8-10-16(24-3)17(12-14)25(22,23)19-2/h8-13,15,19H,4-7H2,1-3H3,(H,20,21)/b11-9+. The predicted octanol–water partition coefficient (Wildman–Crippen LogP) is 2.31. The van der Waals surface area contributed by atoms with Gasteiger partial charge >= 0.3 is 0 Å².